The van der Waals surface area contributed by atoms with Crippen LogP contribution in [0.15, 0.2) is 35.5 Å². The van der Waals surface area contributed by atoms with Crippen molar-refractivity contribution >= 4 is 5.78 Å². The number of hydrogen-bond donors (Lipinski definition) is 0. The lowest BCUT2D eigenvalue weighted by Crippen LogP contribution is -2.38. The third-order valence-corrected chi connectivity index (χ3v) is 6.04. The molecule has 0 saturated heterocycles. The van der Waals surface area contributed by atoms with Gasteiger partial charge in [0, 0.05) is 18.3 Å². The normalized spacial score (nSPS) is 44.1. The summed E-state index contributed by atoms with van der Waals surface area (Å²) in [5.41, 5.74) is 3.52. The molecule has 4 aliphatic carbocycles. The SMILES string of the molecule is C[C@@]12C=CC=C1C1=CCC3CC(=O)CC[C@@H]3[C@H]1CC2. The van der Waals surface area contributed by atoms with E-state index in [1.807, 2.05) is 0 Å². The fourth-order valence-electron chi connectivity index (χ4n) is 4.97. The monoisotopic (exact) mass is 254 g/mol. The van der Waals surface area contributed by atoms with Gasteiger partial charge in [0.05, 0.1) is 0 Å². The molecule has 0 spiro atoms. The second-order valence-electron chi connectivity index (χ2n) is 7.10. The summed E-state index contributed by atoms with van der Waals surface area (Å²) in [6.45, 7) is 2.38. The molecule has 4 atom stereocenters. The Morgan fingerprint density at radius 3 is 3.11 bits per heavy atom. The van der Waals surface area contributed by atoms with Crippen LogP contribution in [0, 0.1) is 23.2 Å². The minimum Gasteiger partial charge on any atom is -0.300 e. The van der Waals surface area contributed by atoms with E-state index < -0.39 is 0 Å². The van der Waals surface area contributed by atoms with Crippen LogP contribution in [0.5, 0.6) is 0 Å². The lowest BCUT2D eigenvalue weighted by molar-refractivity contribution is -0.123. The highest BCUT2D eigenvalue weighted by atomic mass is 16.1. The van der Waals surface area contributed by atoms with Gasteiger partial charge in [-0.1, -0.05) is 31.2 Å². The summed E-state index contributed by atoms with van der Waals surface area (Å²) in [5.74, 6) is 2.67. The van der Waals surface area contributed by atoms with Crippen LogP contribution < -0.4 is 0 Å². The Balaban J connectivity index is 1.69. The third kappa shape index (κ3) is 1.63. The van der Waals surface area contributed by atoms with Crippen LogP contribution in [0.25, 0.3) is 0 Å². The number of rotatable bonds is 0. The van der Waals surface area contributed by atoms with Gasteiger partial charge in [0.2, 0.25) is 0 Å². The van der Waals surface area contributed by atoms with Crippen molar-refractivity contribution in [1.29, 1.82) is 0 Å². The molecule has 0 aromatic heterocycles. The van der Waals surface area contributed by atoms with Gasteiger partial charge >= 0.3 is 0 Å². The zero-order chi connectivity index (χ0) is 13.0. The molecule has 0 heterocycles. The van der Waals surface area contributed by atoms with Crippen LogP contribution in [0.1, 0.15) is 45.4 Å². The average Bonchev–Trinajstić information content (AvgIpc) is 2.79. The van der Waals surface area contributed by atoms with Crippen LogP contribution >= 0.6 is 0 Å². The Kier molecular flexibility index (Phi) is 2.43. The lowest BCUT2D eigenvalue weighted by Gasteiger charge is -2.47. The summed E-state index contributed by atoms with van der Waals surface area (Å²) in [6, 6.07) is 0. The second-order valence-corrected chi connectivity index (χ2v) is 7.10. The van der Waals surface area contributed by atoms with Gasteiger partial charge < -0.3 is 0 Å². The summed E-state index contributed by atoms with van der Waals surface area (Å²) < 4.78 is 0. The molecule has 100 valence electrons. The zero-order valence-corrected chi connectivity index (χ0v) is 11.7. The van der Waals surface area contributed by atoms with Gasteiger partial charge in [-0.05, 0) is 54.6 Å². The van der Waals surface area contributed by atoms with E-state index in [0.29, 0.717) is 17.1 Å². The van der Waals surface area contributed by atoms with Crippen molar-refractivity contribution in [3.05, 3.63) is 35.5 Å². The standard InChI is InChI=1S/C18H22O/c1-18-9-2-3-17(18)16-6-4-12-11-13(19)5-7-14(12)15(16)8-10-18/h2-3,6,9,12,14-15H,4-5,7-8,10-11H2,1H3/t12?,14-,15+,18-/m0/s1. The molecule has 4 aliphatic rings. The van der Waals surface area contributed by atoms with Crippen LogP contribution in [-0.4, -0.2) is 5.78 Å². The van der Waals surface area contributed by atoms with Crippen LogP contribution in [0.4, 0.5) is 0 Å². The van der Waals surface area contributed by atoms with E-state index in [1.54, 1.807) is 11.1 Å². The largest absolute Gasteiger partial charge is 0.300 e. The molecule has 0 aromatic rings. The minimum atomic E-state index is 0.305. The van der Waals surface area contributed by atoms with Crippen LogP contribution in [-0.2, 0) is 4.79 Å². The average molecular weight is 254 g/mol. The number of hydrogen-bond acceptors (Lipinski definition) is 1. The molecular weight excluding hydrogens is 232 g/mol. The first kappa shape index (κ1) is 11.7. The van der Waals surface area contributed by atoms with Gasteiger partial charge in [-0.2, -0.15) is 0 Å². The van der Waals surface area contributed by atoms with Crippen LogP contribution in [0.2, 0.25) is 0 Å². The van der Waals surface area contributed by atoms with Gasteiger partial charge in [-0.15, -0.1) is 0 Å². The molecule has 0 bridgehead atoms. The van der Waals surface area contributed by atoms with Gasteiger partial charge in [0.15, 0.2) is 0 Å². The Bertz CT molecular complexity index is 522. The van der Waals surface area contributed by atoms with E-state index in [4.69, 9.17) is 0 Å². The predicted molar refractivity (Wildman–Crippen MR) is 76.6 cm³/mol. The van der Waals surface area contributed by atoms with Crippen molar-refractivity contribution in [2.45, 2.75) is 45.4 Å². The Morgan fingerprint density at radius 1 is 1.32 bits per heavy atom. The van der Waals surface area contributed by atoms with E-state index in [9.17, 15) is 4.79 Å². The van der Waals surface area contributed by atoms with Gasteiger partial charge in [-0.25, -0.2) is 0 Å². The molecule has 0 aliphatic heterocycles. The smallest absolute Gasteiger partial charge is 0.133 e. The highest BCUT2D eigenvalue weighted by molar-refractivity contribution is 5.79. The first-order valence-corrected chi connectivity index (χ1v) is 7.79. The van der Waals surface area contributed by atoms with E-state index in [-0.39, 0.29) is 0 Å². The van der Waals surface area contributed by atoms with E-state index in [0.717, 1.165) is 37.5 Å². The number of carbonyl (C=O) groups excluding carboxylic acids is 1. The van der Waals surface area contributed by atoms with E-state index in [1.165, 1.54) is 12.8 Å². The second kappa shape index (κ2) is 3.94. The third-order valence-electron chi connectivity index (χ3n) is 6.04. The van der Waals surface area contributed by atoms with Crippen molar-refractivity contribution in [3.8, 4) is 0 Å². The zero-order valence-electron chi connectivity index (χ0n) is 11.7. The molecule has 19 heavy (non-hydrogen) atoms. The van der Waals surface area contributed by atoms with Gasteiger partial charge in [-0.3, -0.25) is 4.79 Å². The first-order chi connectivity index (χ1) is 9.17. The van der Waals surface area contributed by atoms with Crippen molar-refractivity contribution in [2.75, 3.05) is 0 Å². The maximum atomic E-state index is 11.7. The fourth-order valence-corrected chi connectivity index (χ4v) is 4.97. The maximum absolute atomic E-state index is 11.7. The molecular formula is C18H22O. The highest BCUT2D eigenvalue weighted by Gasteiger charge is 2.45. The quantitative estimate of drug-likeness (QED) is 0.632. The molecule has 2 saturated carbocycles. The Hall–Kier alpha value is -1.11. The molecule has 0 radical (unpaired) electrons. The summed E-state index contributed by atoms with van der Waals surface area (Å²) in [4.78, 5) is 11.7. The molecule has 4 rings (SSSR count). The number of fused-ring (bicyclic) bond motifs is 5. The molecule has 1 heteroatoms. The molecule has 1 unspecified atom stereocenters. The number of allylic oxidation sites excluding steroid dienone is 6. The number of ketones is 1. The molecule has 1 nitrogen and oxygen atoms in total. The molecule has 2 fully saturated rings. The molecule has 0 amide bonds. The predicted octanol–water partition coefficient (Wildman–Crippen LogP) is 4.21. The maximum Gasteiger partial charge on any atom is 0.133 e. The number of Topliss-reactive ketones (excluding diaryl/α,β-unsaturated/α-hetero) is 1. The van der Waals surface area contributed by atoms with Crippen LogP contribution in [0.3, 0.4) is 0 Å². The summed E-state index contributed by atoms with van der Waals surface area (Å²) in [7, 11) is 0. The minimum absolute atomic E-state index is 0.305. The Labute approximate surface area is 115 Å². The number of carbonyl (C=O) groups is 1. The van der Waals surface area contributed by atoms with Crippen molar-refractivity contribution in [1.82, 2.24) is 0 Å². The van der Waals surface area contributed by atoms with Gasteiger partial charge in [0.25, 0.3) is 0 Å². The first-order valence-electron chi connectivity index (χ1n) is 7.79. The molecule has 0 aromatic carbocycles. The topological polar surface area (TPSA) is 17.1 Å². The van der Waals surface area contributed by atoms with Crippen molar-refractivity contribution < 1.29 is 4.79 Å². The van der Waals surface area contributed by atoms with E-state index in [2.05, 4.69) is 31.2 Å². The van der Waals surface area contributed by atoms with Crippen molar-refractivity contribution in [3.63, 3.8) is 0 Å². The summed E-state index contributed by atoms with van der Waals surface area (Å²) >= 11 is 0. The summed E-state index contributed by atoms with van der Waals surface area (Å²) in [5, 5.41) is 0. The van der Waals surface area contributed by atoms with Crippen molar-refractivity contribution in [2.24, 2.45) is 23.2 Å². The summed E-state index contributed by atoms with van der Waals surface area (Å²) in [6.07, 6.45) is 16.0. The lowest BCUT2D eigenvalue weighted by atomic mass is 9.57. The molecule has 0 N–H and O–H groups in total. The fraction of sp³-hybridized carbons (Fsp3) is 0.611. The highest BCUT2D eigenvalue weighted by Crippen LogP contribution is 2.56. The Morgan fingerprint density at radius 2 is 2.21 bits per heavy atom. The van der Waals surface area contributed by atoms with Gasteiger partial charge in [0.1, 0.15) is 5.78 Å². The van der Waals surface area contributed by atoms with E-state index >= 15 is 0 Å².